The number of nitrogens with one attached hydrogen (secondary N) is 2. The number of rotatable bonds is 5. The van der Waals surface area contributed by atoms with Gasteiger partial charge in [0.25, 0.3) is 11.8 Å². The minimum absolute atomic E-state index is 0.154. The van der Waals surface area contributed by atoms with Gasteiger partial charge in [0, 0.05) is 42.4 Å². The van der Waals surface area contributed by atoms with Crippen molar-refractivity contribution in [2.75, 3.05) is 18.4 Å². The predicted octanol–water partition coefficient (Wildman–Crippen LogP) is 3.35. The maximum absolute atomic E-state index is 13.9. The van der Waals surface area contributed by atoms with E-state index in [0.717, 1.165) is 25.0 Å². The van der Waals surface area contributed by atoms with Gasteiger partial charge in [0.15, 0.2) is 0 Å². The Labute approximate surface area is 178 Å². The van der Waals surface area contributed by atoms with Gasteiger partial charge in [-0.2, -0.15) is 0 Å². The zero-order chi connectivity index (χ0) is 22.0. The van der Waals surface area contributed by atoms with Crippen LogP contribution in [0.25, 0.3) is 0 Å². The zero-order valence-corrected chi connectivity index (χ0v) is 16.9. The molecule has 0 bridgehead atoms. The Morgan fingerprint density at radius 2 is 1.68 bits per heavy atom. The second kappa shape index (κ2) is 8.83. The van der Waals surface area contributed by atoms with Crippen LogP contribution in [0.1, 0.15) is 46.4 Å². The van der Waals surface area contributed by atoms with Crippen molar-refractivity contribution < 1.29 is 23.2 Å². The Morgan fingerprint density at radius 3 is 2.35 bits per heavy atom. The van der Waals surface area contributed by atoms with E-state index in [1.807, 2.05) is 0 Å². The fourth-order valence-electron chi connectivity index (χ4n) is 3.66. The summed E-state index contributed by atoms with van der Waals surface area (Å²) in [5.41, 5.74) is 0.859. The van der Waals surface area contributed by atoms with Crippen LogP contribution in [0.3, 0.4) is 0 Å². The Balaban J connectivity index is 1.32. The number of hydrogen-bond donors (Lipinski definition) is 2. The number of hydrogen-bond acceptors (Lipinski definition) is 3. The third-order valence-electron chi connectivity index (χ3n) is 5.62. The van der Waals surface area contributed by atoms with Crippen molar-refractivity contribution in [3.63, 3.8) is 0 Å². The normalized spacial score (nSPS) is 16.6. The number of amides is 3. The third kappa shape index (κ3) is 5.07. The van der Waals surface area contributed by atoms with E-state index in [4.69, 9.17) is 0 Å². The van der Waals surface area contributed by atoms with Crippen LogP contribution < -0.4 is 10.6 Å². The minimum Gasteiger partial charge on any atom is -0.349 e. The zero-order valence-electron chi connectivity index (χ0n) is 16.9. The van der Waals surface area contributed by atoms with E-state index in [1.54, 1.807) is 24.3 Å². The van der Waals surface area contributed by atoms with Crippen LogP contribution in [0, 0.1) is 17.6 Å². The first-order chi connectivity index (χ1) is 14.9. The maximum atomic E-state index is 13.9. The van der Waals surface area contributed by atoms with E-state index >= 15 is 0 Å². The van der Waals surface area contributed by atoms with E-state index in [0.29, 0.717) is 43.2 Å². The molecule has 2 fully saturated rings. The molecule has 6 nitrogen and oxygen atoms in total. The summed E-state index contributed by atoms with van der Waals surface area (Å²) in [7, 11) is 0. The van der Waals surface area contributed by atoms with Crippen LogP contribution in [-0.4, -0.2) is 41.8 Å². The molecule has 1 aliphatic heterocycles. The fraction of sp³-hybridized carbons (Fsp3) is 0.348. The summed E-state index contributed by atoms with van der Waals surface area (Å²) >= 11 is 0. The van der Waals surface area contributed by atoms with Gasteiger partial charge in [-0.25, -0.2) is 8.78 Å². The minimum atomic E-state index is -0.893. The lowest BCUT2D eigenvalue weighted by molar-refractivity contribution is -0.121. The lowest BCUT2D eigenvalue weighted by Crippen LogP contribution is -2.41. The Kier molecular flexibility index (Phi) is 5.97. The quantitative estimate of drug-likeness (QED) is 0.768. The van der Waals surface area contributed by atoms with Gasteiger partial charge in [0.05, 0.1) is 5.56 Å². The number of piperidine rings is 1. The number of carbonyl (C=O) groups is 3. The number of nitrogens with zero attached hydrogens (tertiary/aromatic N) is 1. The molecule has 0 unspecified atom stereocenters. The smallest absolute Gasteiger partial charge is 0.256 e. The summed E-state index contributed by atoms with van der Waals surface area (Å²) in [6.45, 7) is 0.606. The summed E-state index contributed by atoms with van der Waals surface area (Å²) in [6, 6.07) is 9.91. The number of halogens is 2. The summed E-state index contributed by atoms with van der Waals surface area (Å²) in [5, 5.41) is 5.76. The molecule has 0 radical (unpaired) electrons. The van der Waals surface area contributed by atoms with Gasteiger partial charge in [-0.05, 0) is 56.0 Å². The number of benzene rings is 2. The molecule has 0 atom stereocenters. The molecule has 1 heterocycles. The largest absolute Gasteiger partial charge is 0.349 e. The van der Waals surface area contributed by atoms with Crippen LogP contribution in [0.15, 0.2) is 42.5 Å². The SMILES string of the molecule is O=C(NC1CC1)c1cccc(NC(=O)C2CCN(C(=O)c3ccc(F)cc3F)CC2)c1. The lowest BCUT2D eigenvalue weighted by atomic mass is 9.95. The summed E-state index contributed by atoms with van der Waals surface area (Å²) in [5.74, 6) is -2.77. The average molecular weight is 427 g/mol. The summed E-state index contributed by atoms with van der Waals surface area (Å²) in [4.78, 5) is 38.8. The molecule has 1 aliphatic carbocycles. The first kappa shape index (κ1) is 21.0. The molecule has 2 aromatic carbocycles. The van der Waals surface area contributed by atoms with Crippen LogP contribution in [-0.2, 0) is 4.79 Å². The fourth-order valence-corrected chi connectivity index (χ4v) is 3.66. The van der Waals surface area contributed by atoms with Crippen molar-refractivity contribution in [2.45, 2.75) is 31.7 Å². The second-order valence-corrected chi connectivity index (χ2v) is 8.01. The van der Waals surface area contributed by atoms with Crippen molar-refractivity contribution in [2.24, 2.45) is 5.92 Å². The molecule has 1 saturated heterocycles. The maximum Gasteiger partial charge on any atom is 0.256 e. The number of likely N-dealkylation sites (tertiary alicyclic amines) is 1. The van der Waals surface area contributed by atoms with Gasteiger partial charge in [0.2, 0.25) is 5.91 Å². The summed E-state index contributed by atoms with van der Waals surface area (Å²) in [6.07, 6.45) is 2.86. The van der Waals surface area contributed by atoms with Crippen LogP contribution >= 0.6 is 0 Å². The van der Waals surface area contributed by atoms with Crippen molar-refractivity contribution >= 4 is 23.4 Å². The number of carbonyl (C=O) groups excluding carboxylic acids is 3. The van der Waals surface area contributed by atoms with Crippen molar-refractivity contribution in [3.8, 4) is 0 Å². The molecule has 3 amide bonds. The highest BCUT2D eigenvalue weighted by molar-refractivity contribution is 5.98. The molecule has 2 aromatic rings. The Morgan fingerprint density at radius 1 is 0.935 bits per heavy atom. The molecule has 1 saturated carbocycles. The van der Waals surface area contributed by atoms with E-state index in [2.05, 4.69) is 10.6 Å². The Hall–Kier alpha value is -3.29. The Bertz CT molecular complexity index is 1010. The van der Waals surface area contributed by atoms with E-state index in [1.165, 1.54) is 4.90 Å². The first-order valence-electron chi connectivity index (χ1n) is 10.4. The summed E-state index contributed by atoms with van der Waals surface area (Å²) < 4.78 is 27.0. The monoisotopic (exact) mass is 427 g/mol. The van der Waals surface area contributed by atoms with Crippen molar-refractivity contribution in [1.29, 1.82) is 0 Å². The highest BCUT2D eigenvalue weighted by Gasteiger charge is 2.29. The molecule has 2 N–H and O–H groups in total. The van der Waals surface area contributed by atoms with E-state index < -0.39 is 17.5 Å². The molecule has 0 spiro atoms. The molecule has 31 heavy (non-hydrogen) atoms. The van der Waals surface area contributed by atoms with Gasteiger partial charge in [0.1, 0.15) is 11.6 Å². The van der Waals surface area contributed by atoms with Crippen LogP contribution in [0.4, 0.5) is 14.5 Å². The standard InChI is InChI=1S/C23H23F2N3O3/c24-16-4-7-19(20(25)13-16)23(31)28-10-8-14(9-11-28)21(29)27-18-3-1-2-15(12-18)22(30)26-17-5-6-17/h1-4,7,12-14,17H,5-6,8-11H2,(H,26,30)(H,27,29). The highest BCUT2D eigenvalue weighted by Crippen LogP contribution is 2.23. The lowest BCUT2D eigenvalue weighted by Gasteiger charge is -2.31. The molecule has 0 aromatic heterocycles. The van der Waals surface area contributed by atoms with Gasteiger partial charge in [-0.3, -0.25) is 14.4 Å². The number of anilines is 1. The van der Waals surface area contributed by atoms with Crippen molar-refractivity contribution in [3.05, 3.63) is 65.2 Å². The van der Waals surface area contributed by atoms with Gasteiger partial charge in [-0.15, -0.1) is 0 Å². The molecule has 162 valence electrons. The molecule has 8 heteroatoms. The van der Waals surface area contributed by atoms with Gasteiger partial charge < -0.3 is 15.5 Å². The van der Waals surface area contributed by atoms with Crippen LogP contribution in [0.5, 0.6) is 0 Å². The van der Waals surface area contributed by atoms with E-state index in [9.17, 15) is 23.2 Å². The topological polar surface area (TPSA) is 78.5 Å². The van der Waals surface area contributed by atoms with Crippen LogP contribution in [0.2, 0.25) is 0 Å². The molecule has 2 aliphatic rings. The second-order valence-electron chi connectivity index (χ2n) is 8.01. The van der Waals surface area contributed by atoms with Gasteiger partial charge >= 0.3 is 0 Å². The van der Waals surface area contributed by atoms with Crippen molar-refractivity contribution in [1.82, 2.24) is 10.2 Å². The first-order valence-corrected chi connectivity index (χ1v) is 10.4. The molecule has 4 rings (SSSR count). The molecular formula is C23H23F2N3O3. The van der Waals surface area contributed by atoms with Gasteiger partial charge in [-0.1, -0.05) is 6.07 Å². The average Bonchev–Trinajstić information content (AvgIpc) is 3.57. The predicted molar refractivity (Wildman–Crippen MR) is 111 cm³/mol. The third-order valence-corrected chi connectivity index (χ3v) is 5.62. The van der Waals surface area contributed by atoms with E-state index in [-0.39, 0.29) is 29.3 Å². The molecular weight excluding hydrogens is 404 g/mol. The highest BCUT2D eigenvalue weighted by atomic mass is 19.1.